The number of nitrogens with zero attached hydrogens (tertiary/aromatic N) is 1. The third-order valence-electron chi connectivity index (χ3n) is 0.940. The van der Waals surface area contributed by atoms with Crippen LogP contribution in [0.15, 0.2) is 16.6 Å². The van der Waals surface area contributed by atoms with E-state index in [1.807, 2.05) is 0 Å². The van der Waals surface area contributed by atoms with Gasteiger partial charge in [0.25, 0.3) is 0 Å². The topological polar surface area (TPSA) is 38.4 Å². The van der Waals surface area contributed by atoms with Crippen molar-refractivity contribution in [2.24, 2.45) is 10.7 Å². The Hall–Kier alpha value is -0.630. The number of rotatable bonds is 0. The van der Waals surface area contributed by atoms with E-state index in [1.165, 1.54) is 6.21 Å². The summed E-state index contributed by atoms with van der Waals surface area (Å²) in [4.78, 5) is 3.83. The monoisotopic (exact) mass is 113 g/mol. The summed E-state index contributed by atoms with van der Waals surface area (Å²) in [5.74, 6) is 0. The highest BCUT2D eigenvalue weighted by Gasteiger charge is 1.99. The van der Waals surface area contributed by atoms with E-state index in [2.05, 4.69) is 4.99 Å². The maximum Gasteiger partial charge on any atom is 0.0577 e. The number of nitrogens with two attached hydrogens (primary N) is 1. The van der Waals surface area contributed by atoms with Gasteiger partial charge in [0.15, 0.2) is 0 Å². The lowest BCUT2D eigenvalue weighted by atomic mass is 10.2. The van der Waals surface area contributed by atoms with Gasteiger partial charge in [0.2, 0.25) is 0 Å². The SMILES string of the molecule is [2H]C([2H])([2H])C1=C[C@H](N)CN=C1. The lowest BCUT2D eigenvalue weighted by Gasteiger charge is -2.07. The number of dihydropyridines is 1. The molecule has 0 bridgehead atoms. The van der Waals surface area contributed by atoms with E-state index < -0.39 is 6.85 Å². The molecule has 2 nitrogen and oxygen atoms in total. The molecule has 0 aromatic heterocycles. The van der Waals surface area contributed by atoms with Gasteiger partial charge < -0.3 is 5.73 Å². The zero-order valence-corrected chi connectivity index (χ0v) is 4.46. The maximum absolute atomic E-state index is 7.03. The second-order valence-corrected chi connectivity index (χ2v) is 1.78. The molecule has 1 atom stereocenters. The summed E-state index contributed by atoms with van der Waals surface area (Å²) in [7, 11) is 0. The smallest absolute Gasteiger partial charge is 0.0577 e. The van der Waals surface area contributed by atoms with Gasteiger partial charge in [-0.25, -0.2) is 0 Å². The minimum atomic E-state index is -2.07. The molecule has 0 aromatic rings. The van der Waals surface area contributed by atoms with Gasteiger partial charge >= 0.3 is 0 Å². The molecule has 2 heteroatoms. The average Bonchev–Trinajstić information content (AvgIpc) is 1.86. The Kier molecular flexibility index (Phi) is 0.727. The molecule has 0 aliphatic carbocycles. The Bertz CT molecular complexity index is 204. The van der Waals surface area contributed by atoms with Crippen LogP contribution in [0.5, 0.6) is 0 Å². The molecule has 1 heterocycles. The summed E-state index contributed by atoms with van der Waals surface area (Å²) in [6.45, 7) is -1.58. The first-order valence-electron chi connectivity index (χ1n) is 3.98. The molecule has 0 radical (unpaired) electrons. The second-order valence-electron chi connectivity index (χ2n) is 1.78. The summed E-state index contributed by atoms with van der Waals surface area (Å²) in [6.07, 6.45) is 2.91. The summed E-state index contributed by atoms with van der Waals surface area (Å²) < 4.78 is 21.1. The highest BCUT2D eigenvalue weighted by Crippen LogP contribution is 1.97. The predicted molar refractivity (Wildman–Crippen MR) is 35.1 cm³/mol. The highest BCUT2D eigenvalue weighted by atomic mass is 14.8. The van der Waals surface area contributed by atoms with E-state index in [0.717, 1.165) is 0 Å². The highest BCUT2D eigenvalue weighted by molar-refractivity contribution is 5.78. The molecule has 0 saturated heterocycles. The molecular formula is C6H10N2. The molecule has 1 aliphatic rings. The van der Waals surface area contributed by atoms with E-state index >= 15 is 0 Å². The van der Waals surface area contributed by atoms with Crippen LogP contribution in [-0.4, -0.2) is 18.8 Å². The largest absolute Gasteiger partial charge is 0.323 e. The van der Waals surface area contributed by atoms with Crippen LogP contribution in [0.4, 0.5) is 0 Å². The van der Waals surface area contributed by atoms with E-state index in [9.17, 15) is 0 Å². The molecule has 0 amide bonds. The predicted octanol–water partition coefficient (Wildman–Crippen LogP) is 0.344. The Morgan fingerprint density at radius 1 is 2.12 bits per heavy atom. The summed E-state index contributed by atoms with van der Waals surface area (Å²) >= 11 is 0. The molecular weight excluding hydrogens is 100 g/mol. The first-order valence-corrected chi connectivity index (χ1v) is 2.48. The van der Waals surface area contributed by atoms with E-state index in [-0.39, 0.29) is 11.6 Å². The third kappa shape index (κ3) is 1.17. The molecule has 1 aliphatic heterocycles. The van der Waals surface area contributed by atoms with Gasteiger partial charge in [-0.1, -0.05) is 6.08 Å². The van der Waals surface area contributed by atoms with Crippen LogP contribution in [0.3, 0.4) is 0 Å². The first-order chi connectivity index (χ1) is 5.00. The van der Waals surface area contributed by atoms with E-state index in [0.29, 0.717) is 6.54 Å². The van der Waals surface area contributed by atoms with Gasteiger partial charge in [-0.2, -0.15) is 0 Å². The van der Waals surface area contributed by atoms with Crippen LogP contribution >= 0.6 is 0 Å². The fraction of sp³-hybridized carbons (Fsp3) is 0.500. The normalized spacial score (nSPS) is 34.9. The lowest BCUT2D eigenvalue weighted by molar-refractivity contribution is 0.813. The molecule has 0 aromatic carbocycles. The molecule has 0 saturated carbocycles. The molecule has 1 rings (SSSR count). The number of hydrogen-bond donors (Lipinski definition) is 1. The van der Waals surface area contributed by atoms with Crippen LogP contribution in [0, 0.1) is 0 Å². The van der Waals surface area contributed by atoms with Crippen molar-refractivity contribution in [3.05, 3.63) is 11.6 Å². The van der Waals surface area contributed by atoms with Crippen molar-refractivity contribution in [2.75, 3.05) is 6.54 Å². The summed E-state index contributed by atoms with van der Waals surface area (Å²) in [5.41, 5.74) is 5.73. The maximum atomic E-state index is 7.03. The standard InChI is InChI=1S/C6H10N2/c1-5-2-6(7)4-8-3-5/h2-3,6H,4,7H2,1H3/t6-/m0/s1/i1D3. The van der Waals surface area contributed by atoms with Crippen molar-refractivity contribution in [2.45, 2.75) is 12.9 Å². The summed E-state index contributed by atoms with van der Waals surface area (Å²) in [5, 5.41) is 0. The van der Waals surface area contributed by atoms with Crippen LogP contribution in [0.25, 0.3) is 0 Å². The van der Waals surface area contributed by atoms with Gasteiger partial charge in [-0.05, 0) is 12.4 Å². The zero-order valence-electron chi connectivity index (χ0n) is 7.46. The van der Waals surface area contributed by atoms with Gasteiger partial charge in [0.05, 0.1) is 6.54 Å². The molecule has 44 valence electrons. The fourth-order valence-electron chi connectivity index (χ4n) is 0.599. The van der Waals surface area contributed by atoms with Crippen molar-refractivity contribution >= 4 is 6.21 Å². The quantitative estimate of drug-likeness (QED) is 0.483. The molecule has 8 heavy (non-hydrogen) atoms. The first kappa shape index (κ1) is 2.78. The molecule has 2 N–H and O–H groups in total. The average molecular weight is 113 g/mol. The zero-order chi connectivity index (χ0) is 8.48. The van der Waals surface area contributed by atoms with E-state index in [4.69, 9.17) is 9.85 Å². The molecule has 0 spiro atoms. The second kappa shape index (κ2) is 2.09. The molecule has 0 fully saturated rings. The fourth-order valence-corrected chi connectivity index (χ4v) is 0.599. The van der Waals surface area contributed by atoms with Gasteiger partial charge in [0.1, 0.15) is 0 Å². The van der Waals surface area contributed by atoms with E-state index in [1.54, 1.807) is 6.08 Å². The number of hydrogen-bond acceptors (Lipinski definition) is 2. The van der Waals surface area contributed by atoms with Crippen molar-refractivity contribution in [1.29, 1.82) is 0 Å². The Morgan fingerprint density at radius 3 is 3.50 bits per heavy atom. The van der Waals surface area contributed by atoms with Crippen molar-refractivity contribution in [3.63, 3.8) is 0 Å². The molecule has 0 unspecified atom stereocenters. The Labute approximate surface area is 53.3 Å². The number of allylic oxidation sites excluding steroid dienone is 1. The minimum absolute atomic E-state index is 0.240. The van der Waals surface area contributed by atoms with Gasteiger partial charge in [-0.3, -0.25) is 4.99 Å². The van der Waals surface area contributed by atoms with Gasteiger partial charge in [-0.15, -0.1) is 0 Å². The Morgan fingerprint density at radius 2 is 3.00 bits per heavy atom. The third-order valence-corrected chi connectivity index (χ3v) is 0.940. The van der Waals surface area contributed by atoms with Crippen molar-refractivity contribution < 1.29 is 4.11 Å². The lowest BCUT2D eigenvalue weighted by Crippen LogP contribution is -2.23. The van der Waals surface area contributed by atoms with Crippen LogP contribution in [0.1, 0.15) is 11.0 Å². The van der Waals surface area contributed by atoms with Crippen molar-refractivity contribution in [1.82, 2.24) is 0 Å². The minimum Gasteiger partial charge on any atom is -0.323 e. The van der Waals surface area contributed by atoms with Crippen LogP contribution in [-0.2, 0) is 0 Å². The number of aliphatic imine (C=N–C) groups is 1. The van der Waals surface area contributed by atoms with Crippen molar-refractivity contribution in [3.8, 4) is 0 Å². The summed E-state index contributed by atoms with van der Waals surface area (Å²) in [6, 6.07) is -0.240. The van der Waals surface area contributed by atoms with Crippen LogP contribution in [0.2, 0.25) is 0 Å². The van der Waals surface area contributed by atoms with Crippen LogP contribution < -0.4 is 5.73 Å². The Balaban J connectivity index is 2.80. The van der Waals surface area contributed by atoms with Gasteiger partial charge in [0, 0.05) is 16.4 Å².